The van der Waals surface area contributed by atoms with Crippen LogP contribution in [0.5, 0.6) is 11.6 Å². The Morgan fingerprint density at radius 3 is 2.86 bits per heavy atom. The molecule has 1 aliphatic carbocycles. The first-order valence-corrected chi connectivity index (χ1v) is 9.20. The summed E-state index contributed by atoms with van der Waals surface area (Å²) in [5.41, 5.74) is 2.81. The SMILES string of the molecule is COc1ccc2c(c1)CCC[C@H]2NC(=O)NCc1ccnc(OCC(F)(F)F)c1. The van der Waals surface area contributed by atoms with Crippen LogP contribution in [0.25, 0.3) is 0 Å². The zero-order valence-electron chi connectivity index (χ0n) is 15.9. The Morgan fingerprint density at radius 1 is 1.28 bits per heavy atom. The molecule has 1 heterocycles. The Bertz CT molecular complexity index is 858. The number of fused-ring (bicyclic) bond motifs is 1. The van der Waals surface area contributed by atoms with Gasteiger partial charge < -0.3 is 20.1 Å². The largest absolute Gasteiger partial charge is 0.497 e. The fourth-order valence-corrected chi connectivity index (χ4v) is 3.25. The summed E-state index contributed by atoms with van der Waals surface area (Å²) >= 11 is 0. The van der Waals surface area contributed by atoms with E-state index in [1.807, 2.05) is 18.2 Å². The quantitative estimate of drug-likeness (QED) is 0.759. The number of amides is 2. The first-order valence-electron chi connectivity index (χ1n) is 9.20. The number of nitrogens with zero attached hydrogens (tertiary/aromatic N) is 1. The number of alkyl halides is 3. The Hall–Kier alpha value is -2.97. The maximum absolute atomic E-state index is 12.3. The summed E-state index contributed by atoms with van der Waals surface area (Å²) in [5.74, 6) is 0.646. The molecule has 9 heteroatoms. The molecule has 0 saturated heterocycles. The van der Waals surface area contributed by atoms with Crippen LogP contribution in [-0.2, 0) is 13.0 Å². The Morgan fingerprint density at radius 2 is 2.10 bits per heavy atom. The molecule has 156 valence electrons. The van der Waals surface area contributed by atoms with E-state index < -0.39 is 12.8 Å². The summed E-state index contributed by atoms with van der Waals surface area (Å²) in [4.78, 5) is 16.1. The Kier molecular flexibility index (Phi) is 6.46. The van der Waals surface area contributed by atoms with E-state index in [-0.39, 0.29) is 24.5 Å². The predicted molar refractivity (Wildman–Crippen MR) is 99.8 cm³/mol. The number of methoxy groups -OCH3 is 1. The highest BCUT2D eigenvalue weighted by Gasteiger charge is 2.28. The lowest BCUT2D eigenvalue weighted by Gasteiger charge is -2.27. The van der Waals surface area contributed by atoms with Gasteiger partial charge in [-0.05, 0) is 54.2 Å². The third-order valence-corrected chi connectivity index (χ3v) is 4.61. The van der Waals surface area contributed by atoms with E-state index in [0.29, 0.717) is 5.56 Å². The summed E-state index contributed by atoms with van der Waals surface area (Å²) in [7, 11) is 1.62. The van der Waals surface area contributed by atoms with E-state index in [0.717, 1.165) is 36.1 Å². The molecule has 29 heavy (non-hydrogen) atoms. The van der Waals surface area contributed by atoms with E-state index in [4.69, 9.17) is 4.74 Å². The zero-order chi connectivity index (χ0) is 20.9. The minimum atomic E-state index is -4.43. The van der Waals surface area contributed by atoms with Gasteiger partial charge in [0, 0.05) is 18.8 Å². The van der Waals surface area contributed by atoms with Crippen LogP contribution in [0.1, 0.15) is 35.6 Å². The second kappa shape index (κ2) is 9.02. The fourth-order valence-electron chi connectivity index (χ4n) is 3.25. The van der Waals surface area contributed by atoms with Gasteiger partial charge in [0.1, 0.15) is 5.75 Å². The van der Waals surface area contributed by atoms with Crippen molar-refractivity contribution >= 4 is 6.03 Å². The van der Waals surface area contributed by atoms with Gasteiger partial charge in [0.05, 0.1) is 13.2 Å². The van der Waals surface area contributed by atoms with Gasteiger partial charge in [0.25, 0.3) is 0 Å². The molecule has 1 aromatic carbocycles. The van der Waals surface area contributed by atoms with Gasteiger partial charge in [-0.25, -0.2) is 9.78 Å². The Balaban J connectivity index is 1.55. The maximum atomic E-state index is 12.3. The number of aryl methyl sites for hydroxylation is 1. The molecule has 1 atom stereocenters. The van der Waals surface area contributed by atoms with Crippen molar-refractivity contribution in [3.63, 3.8) is 0 Å². The summed E-state index contributed by atoms with van der Waals surface area (Å²) in [6, 6.07) is 8.33. The number of hydrogen-bond donors (Lipinski definition) is 2. The van der Waals surface area contributed by atoms with Crippen LogP contribution in [0.15, 0.2) is 36.5 Å². The maximum Gasteiger partial charge on any atom is 0.422 e. The van der Waals surface area contributed by atoms with E-state index in [9.17, 15) is 18.0 Å². The first kappa shape index (κ1) is 20.8. The molecular weight excluding hydrogens is 387 g/mol. The number of ether oxygens (including phenoxy) is 2. The van der Waals surface area contributed by atoms with Crippen molar-refractivity contribution in [1.82, 2.24) is 15.6 Å². The first-order chi connectivity index (χ1) is 13.8. The average Bonchev–Trinajstić information content (AvgIpc) is 2.70. The number of aromatic nitrogens is 1. The molecule has 2 N–H and O–H groups in total. The van der Waals surface area contributed by atoms with Gasteiger partial charge in [-0.3, -0.25) is 0 Å². The van der Waals surface area contributed by atoms with Gasteiger partial charge >= 0.3 is 12.2 Å². The smallest absolute Gasteiger partial charge is 0.422 e. The van der Waals surface area contributed by atoms with Crippen molar-refractivity contribution in [2.45, 2.75) is 38.0 Å². The summed E-state index contributed by atoms with van der Waals surface area (Å²) in [6.45, 7) is -1.28. The molecule has 3 rings (SSSR count). The van der Waals surface area contributed by atoms with Gasteiger partial charge in [-0.2, -0.15) is 13.2 Å². The Labute approximate surface area is 166 Å². The van der Waals surface area contributed by atoms with Crippen molar-refractivity contribution in [3.8, 4) is 11.6 Å². The van der Waals surface area contributed by atoms with Gasteiger partial charge in [0.2, 0.25) is 5.88 Å². The highest BCUT2D eigenvalue weighted by atomic mass is 19.4. The topological polar surface area (TPSA) is 72.5 Å². The van der Waals surface area contributed by atoms with Crippen LogP contribution in [0.4, 0.5) is 18.0 Å². The van der Waals surface area contributed by atoms with Crippen LogP contribution in [0, 0.1) is 0 Å². The highest BCUT2D eigenvalue weighted by molar-refractivity contribution is 5.74. The van der Waals surface area contributed by atoms with E-state index >= 15 is 0 Å². The lowest BCUT2D eigenvalue weighted by atomic mass is 9.87. The van der Waals surface area contributed by atoms with Gasteiger partial charge in [-0.15, -0.1) is 0 Å². The lowest BCUT2D eigenvalue weighted by Crippen LogP contribution is -2.38. The number of carbonyl (C=O) groups excluding carboxylic acids is 1. The second-order valence-corrected chi connectivity index (χ2v) is 6.74. The molecule has 2 aromatic rings. The van der Waals surface area contributed by atoms with Crippen molar-refractivity contribution < 1.29 is 27.4 Å². The molecule has 1 aromatic heterocycles. The molecule has 2 amide bonds. The van der Waals surface area contributed by atoms with Crippen molar-refractivity contribution in [2.75, 3.05) is 13.7 Å². The summed E-state index contributed by atoms with van der Waals surface area (Å²) in [5, 5.41) is 5.67. The molecular formula is C20H22F3N3O3. The van der Waals surface area contributed by atoms with Gasteiger partial charge in [0.15, 0.2) is 6.61 Å². The average molecular weight is 409 g/mol. The number of nitrogens with one attached hydrogen (secondary N) is 2. The lowest BCUT2D eigenvalue weighted by molar-refractivity contribution is -0.154. The third-order valence-electron chi connectivity index (χ3n) is 4.61. The number of hydrogen-bond acceptors (Lipinski definition) is 4. The minimum absolute atomic E-state index is 0.104. The fraction of sp³-hybridized carbons (Fsp3) is 0.400. The van der Waals surface area contributed by atoms with Crippen LogP contribution in [0.3, 0.4) is 0 Å². The molecule has 0 saturated carbocycles. The van der Waals surface area contributed by atoms with Crippen LogP contribution in [-0.4, -0.2) is 30.9 Å². The number of benzene rings is 1. The standard InChI is InChI=1S/C20H22F3N3O3/c1-28-15-5-6-16-14(10-15)3-2-4-17(16)26-19(27)25-11-13-7-8-24-18(9-13)29-12-20(21,22)23/h5-10,17H,2-4,11-12H2,1H3,(H2,25,26,27)/t17-/m1/s1. The van der Waals surface area contributed by atoms with Crippen molar-refractivity contribution in [3.05, 3.63) is 53.2 Å². The van der Waals surface area contributed by atoms with E-state index in [2.05, 4.69) is 20.4 Å². The summed E-state index contributed by atoms with van der Waals surface area (Å²) in [6.07, 6.45) is -0.377. The van der Waals surface area contributed by atoms with Crippen LogP contribution in [0.2, 0.25) is 0 Å². The van der Waals surface area contributed by atoms with Crippen molar-refractivity contribution in [1.29, 1.82) is 0 Å². The molecule has 0 aliphatic heterocycles. The zero-order valence-corrected chi connectivity index (χ0v) is 15.9. The highest BCUT2D eigenvalue weighted by Crippen LogP contribution is 2.32. The van der Waals surface area contributed by atoms with Crippen LogP contribution < -0.4 is 20.1 Å². The number of rotatable bonds is 6. The molecule has 0 spiro atoms. The van der Waals surface area contributed by atoms with Crippen molar-refractivity contribution in [2.24, 2.45) is 0 Å². The number of pyridine rings is 1. The van der Waals surface area contributed by atoms with Crippen LogP contribution >= 0.6 is 0 Å². The predicted octanol–water partition coefficient (Wildman–Crippen LogP) is 3.91. The molecule has 0 fully saturated rings. The monoisotopic (exact) mass is 409 g/mol. The molecule has 1 aliphatic rings. The number of halogens is 3. The molecule has 0 unspecified atom stereocenters. The molecule has 0 radical (unpaired) electrons. The summed E-state index contributed by atoms with van der Waals surface area (Å²) < 4.78 is 46.6. The number of urea groups is 1. The third kappa shape index (κ3) is 6.00. The molecule has 6 nitrogen and oxygen atoms in total. The van der Waals surface area contributed by atoms with E-state index in [1.54, 1.807) is 13.2 Å². The number of carbonyl (C=O) groups is 1. The normalized spacial score (nSPS) is 15.9. The minimum Gasteiger partial charge on any atom is -0.497 e. The van der Waals surface area contributed by atoms with E-state index in [1.165, 1.54) is 12.3 Å². The van der Waals surface area contributed by atoms with Gasteiger partial charge in [-0.1, -0.05) is 6.07 Å². The second-order valence-electron chi connectivity index (χ2n) is 6.74. The molecule has 0 bridgehead atoms.